The number of anilines is 2. The fourth-order valence-electron chi connectivity index (χ4n) is 2.42. The first-order valence-corrected chi connectivity index (χ1v) is 6.85. The molecular weight excluding hydrogens is 280 g/mol. The summed E-state index contributed by atoms with van der Waals surface area (Å²) < 4.78 is 5.24. The van der Waals surface area contributed by atoms with E-state index in [0.29, 0.717) is 16.9 Å². The molecule has 0 amide bonds. The number of halogens is 1. The minimum atomic E-state index is 0.196. The number of hydrogen-bond donors (Lipinski definition) is 1. The van der Waals surface area contributed by atoms with E-state index < -0.39 is 0 Å². The summed E-state index contributed by atoms with van der Waals surface area (Å²) in [5, 5.41) is 4.20. The molecule has 3 heterocycles. The van der Waals surface area contributed by atoms with E-state index in [0.717, 1.165) is 37.6 Å². The van der Waals surface area contributed by atoms with Gasteiger partial charge in [-0.05, 0) is 19.8 Å². The average molecular weight is 295 g/mol. The van der Waals surface area contributed by atoms with Gasteiger partial charge in [0.1, 0.15) is 11.0 Å². The summed E-state index contributed by atoms with van der Waals surface area (Å²) in [6.45, 7) is 3.52. The molecule has 20 heavy (non-hydrogen) atoms. The van der Waals surface area contributed by atoms with Crippen LogP contribution in [0.1, 0.15) is 30.5 Å². The zero-order valence-electron chi connectivity index (χ0n) is 11.1. The van der Waals surface area contributed by atoms with Gasteiger partial charge in [-0.3, -0.25) is 0 Å². The molecule has 1 saturated heterocycles. The maximum atomic E-state index is 5.91. The van der Waals surface area contributed by atoms with Gasteiger partial charge in [-0.25, -0.2) is 4.98 Å². The lowest BCUT2D eigenvalue weighted by molar-refractivity contribution is 0.327. The third-order valence-electron chi connectivity index (χ3n) is 3.41. The predicted octanol–water partition coefficient (Wildman–Crippen LogP) is 1.79. The van der Waals surface area contributed by atoms with Crippen molar-refractivity contribution in [2.24, 2.45) is 0 Å². The Balaban J connectivity index is 1.69. The zero-order valence-corrected chi connectivity index (χ0v) is 11.8. The predicted molar refractivity (Wildman–Crippen MR) is 74.7 cm³/mol. The molecule has 0 unspecified atom stereocenters. The molecule has 0 bridgehead atoms. The van der Waals surface area contributed by atoms with Crippen LogP contribution in [-0.2, 0) is 0 Å². The molecule has 0 spiro atoms. The molecule has 7 nitrogen and oxygen atoms in total. The van der Waals surface area contributed by atoms with Crippen LogP contribution in [0.25, 0.3) is 0 Å². The van der Waals surface area contributed by atoms with Crippen molar-refractivity contribution < 1.29 is 4.52 Å². The summed E-state index contributed by atoms with van der Waals surface area (Å²) >= 11 is 5.91. The fraction of sp³-hybridized carbons (Fsp3) is 0.500. The van der Waals surface area contributed by atoms with Crippen molar-refractivity contribution in [1.29, 1.82) is 0 Å². The Kier molecular flexibility index (Phi) is 3.43. The van der Waals surface area contributed by atoms with E-state index in [1.165, 1.54) is 0 Å². The molecule has 8 heteroatoms. The van der Waals surface area contributed by atoms with Gasteiger partial charge in [0, 0.05) is 25.1 Å². The second-order valence-corrected chi connectivity index (χ2v) is 5.24. The molecule has 0 atom stereocenters. The van der Waals surface area contributed by atoms with Crippen molar-refractivity contribution in [3.8, 4) is 0 Å². The van der Waals surface area contributed by atoms with E-state index in [-0.39, 0.29) is 5.95 Å². The topological polar surface area (TPSA) is 94.0 Å². The second kappa shape index (κ2) is 5.24. The summed E-state index contributed by atoms with van der Waals surface area (Å²) in [6, 6.07) is 1.73. The molecular formula is C12H15ClN6O. The third-order valence-corrected chi connectivity index (χ3v) is 3.60. The van der Waals surface area contributed by atoms with Gasteiger partial charge >= 0.3 is 0 Å². The second-order valence-electron chi connectivity index (χ2n) is 4.85. The highest BCUT2D eigenvalue weighted by Gasteiger charge is 2.25. The van der Waals surface area contributed by atoms with Crippen LogP contribution in [-0.4, -0.2) is 33.2 Å². The highest BCUT2D eigenvalue weighted by atomic mass is 35.5. The number of aromatic nitrogens is 4. The van der Waals surface area contributed by atoms with Crippen molar-refractivity contribution in [2.45, 2.75) is 25.7 Å². The molecule has 1 aliphatic rings. The Morgan fingerprint density at radius 1 is 1.30 bits per heavy atom. The summed E-state index contributed by atoms with van der Waals surface area (Å²) in [5.41, 5.74) is 5.62. The van der Waals surface area contributed by atoms with E-state index in [1.54, 1.807) is 6.07 Å². The minimum absolute atomic E-state index is 0.196. The molecule has 2 N–H and O–H groups in total. The molecule has 1 aliphatic heterocycles. The van der Waals surface area contributed by atoms with Crippen molar-refractivity contribution >= 4 is 23.4 Å². The van der Waals surface area contributed by atoms with Gasteiger partial charge in [0.05, 0.1) is 0 Å². The Bertz CT molecular complexity index is 587. The van der Waals surface area contributed by atoms with Crippen LogP contribution < -0.4 is 10.6 Å². The minimum Gasteiger partial charge on any atom is -0.368 e. The summed E-state index contributed by atoms with van der Waals surface area (Å²) in [5.74, 6) is 2.67. The van der Waals surface area contributed by atoms with Crippen LogP contribution in [0.4, 0.5) is 11.8 Å². The molecule has 2 aromatic heterocycles. The van der Waals surface area contributed by atoms with Crippen LogP contribution in [0.15, 0.2) is 10.6 Å². The third kappa shape index (κ3) is 2.67. The largest absolute Gasteiger partial charge is 0.368 e. The Hall–Kier alpha value is -1.89. The lowest BCUT2D eigenvalue weighted by Gasteiger charge is -2.31. The van der Waals surface area contributed by atoms with E-state index in [1.807, 2.05) is 6.92 Å². The van der Waals surface area contributed by atoms with Gasteiger partial charge in [0.25, 0.3) is 0 Å². The van der Waals surface area contributed by atoms with Crippen LogP contribution in [0.3, 0.4) is 0 Å². The normalized spacial score (nSPS) is 16.6. The fourth-order valence-corrected chi connectivity index (χ4v) is 2.60. The smallest absolute Gasteiger partial charge is 0.229 e. The lowest BCUT2D eigenvalue weighted by atomic mass is 9.97. The van der Waals surface area contributed by atoms with Crippen LogP contribution >= 0.6 is 11.6 Å². The number of nitrogens with zero attached hydrogens (tertiary/aromatic N) is 5. The van der Waals surface area contributed by atoms with E-state index in [9.17, 15) is 0 Å². The van der Waals surface area contributed by atoms with Gasteiger partial charge in [0.15, 0.2) is 5.82 Å². The SMILES string of the molecule is Cc1noc(C2CCN(c3cc(Cl)nc(N)n3)CC2)n1. The summed E-state index contributed by atoms with van der Waals surface area (Å²) in [4.78, 5) is 14.5. The average Bonchev–Trinajstić information content (AvgIpc) is 2.84. The molecule has 1 fully saturated rings. The molecule has 3 rings (SSSR count). The number of hydrogen-bond acceptors (Lipinski definition) is 7. The number of aryl methyl sites for hydroxylation is 1. The zero-order chi connectivity index (χ0) is 14.1. The van der Waals surface area contributed by atoms with Gasteiger partial charge < -0.3 is 15.2 Å². The van der Waals surface area contributed by atoms with Crippen molar-refractivity contribution in [3.05, 3.63) is 22.9 Å². The maximum Gasteiger partial charge on any atom is 0.229 e. The molecule has 2 aromatic rings. The summed E-state index contributed by atoms with van der Waals surface area (Å²) in [6.07, 6.45) is 1.87. The highest BCUT2D eigenvalue weighted by molar-refractivity contribution is 6.29. The van der Waals surface area contributed by atoms with Gasteiger partial charge in [-0.1, -0.05) is 16.8 Å². The first-order chi connectivity index (χ1) is 9.61. The van der Waals surface area contributed by atoms with Gasteiger partial charge in [-0.2, -0.15) is 9.97 Å². The van der Waals surface area contributed by atoms with Crippen LogP contribution in [0.5, 0.6) is 0 Å². The van der Waals surface area contributed by atoms with E-state index in [4.69, 9.17) is 21.9 Å². The Labute approximate surface area is 121 Å². The van der Waals surface area contributed by atoms with Crippen molar-refractivity contribution in [2.75, 3.05) is 23.7 Å². The summed E-state index contributed by atoms with van der Waals surface area (Å²) in [7, 11) is 0. The monoisotopic (exact) mass is 294 g/mol. The number of piperidine rings is 1. The van der Waals surface area contributed by atoms with Crippen LogP contribution in [0, 0.1) is 6.92 Å². The van der Waals surface area contributed by atoms with Crippen LogP contribution in [0.2, 0.25) is 5.15 Å². The Morgan fingerprint density at radius 2 is 2.05 bits per heavy atom. The molecule has 0 saturated carbocycles. The highest BCUT2D eigenvalue weighted by Crippen LogP contribution is 2.29. The molecule has 0 aromatic carbocycles. The van der Waals surface area contributed by atoms with Gasteiger partial charge in [0.2, 0.25) is 11.8 Å². The molecule has 106 valence electrons. The maximum absolute atomic E-state index is 5.91. The number of nitrogens with two attached hydrogens (primary N) is 1. The quantitative estimate of drug-likeness (QED) is 0.844. The molecule has 0 aliphatic carbocycles. The lowest BCUT2D eigenvalue weighted by Crippen LogP contribution is -2.33. The standard InChI is InChI=1S/C12H15ClN6O/c1-7-15-11(20-18-7)8-2-4-19(5-3-8)10-6-9(13)16-12(14)17-10/h6,8H,2-5H2,1H3,(H2,14,16,17). The van der Waals surface area contributed by atoms with Crippen molar-refractivity contribution in [3.63, 3.8) is 0 Å². The number of rotatable bonds is 2. The van der Waals surface area contributed by atoms with Crippen molar-refractivity contribution in [1.82, 2.24) is 20.1 Å². The van der Waals surface area contributed by atoms with Gasteiger partial charge in [-0.15, -0.1) is 0 Å². The first-order valence-electron chi connectivity index (χ1n) is 6.47. The van der Waals surface area contributed by atoms with E-state index >= 15 is 0 Å². The number of nitrogen functional groups attached to an aromatic ring is 1. The first kappa shape index (κ1) is 13.1. The van der Waals surface area contributed by atoms with E-state index in [2.05, 4.69) is 25.0 Å². The Morgan fingerprint density at radius 3 is 2.65 bits per heavy atom. The molecule has 0 radical (unpaired) electrons.